The van der Waals surface area contributed by atoms with E-state index in [1.807, 2.05) is 0 Å². The van der Waals surface area contributed by atoms with Crippen molar-refractivity contribution >= 4 is 23.3 Å². The van der Waals surface area contributed by atoms with E-state index >= 15 is 0 Å². The molecule has 0 amide bonds. The fraction of sp³-hybridized carbons (Fsp3) is 0.182. The highest BCUT2D eigenvalue weighted by Crippen LogP contribution is 2.27. The maximum absolute atomic E-state index is 11.8. The van der Waals surface area contributed by atoms with Crippen molar-refractivity contribution in [1.29, 1.82) is 0 Å². The number of hydrogen-bond acceptors (Lipinski definition) is 6. The van der Waals surface area contributed by atoms with E-state index in [1.165, 1.54) is 14.2 Å². The smallest absolute Gasteiger partial charge is 0.244 e. The third-order valence-electron chi connectivity index (χ3n) is 2.28. The van der Waals surface area contributed by atoms with Gasteiger partial charge in [-0.25, -0.2) is 0 Å². The number of aromatic nitrogens is 2. The first-order valence-electron chi connectivity index (χ1n) is 4.91. The largest absolute Gasteiger partial charge is 0.497 e. The molecule has 0 atom stereocenters. The van der Waals surface area contributed by atoms with Gasteiger partial charge in [0.2, 0.25) is 5.43 Å². The van der Waals surface area contributed by atoms with Gasteiger partial charge in [-0.15, -0.1) is 0 Å². The minimum atomic E-state index is -0.411. The van der Waals surface area contributed by atoms with Crippen molar-refractivity contribution in [2.45, 2.75) is 0 Å². The highest BCUT2D eigenvalue weighted by Gasteiger charge is 2.12. The van der Waals surface area contributed by atoms with Crippen LogP contribution in [0.3, 0.4) is 0 Å². The average Bonchev–Trinajstić information content (AvgIpc) is 2.41. The van der Waals surface area contributed by atoms with Gasteiger partial charge >= 0.3 is 0 Å². The van der Waals surface area contributed by atoms with Gasteiger partial charge in [0.25, 0.3) is 0 Å². The van der Waals surface area contributed by atoms with Crippen LogP contribution in [-0.4, -0.2) is 23.0 Å². The summed E-state index contributed by atoms with van der Waals surface area (Å²) in [5, 5.41) is -0.0909. The first kappa shape index (κ1) is 12.8. The van der Waals surface area contributed by atoms with E-state index in [2.05, 4.69) is 8.75 Å². The van der Waals surface area contributed by atoms with Crippen molar-refractivity contribution < 1.29 is 9.47 Å². The number of benzene rings is 1. The van der Waals surface area contributed by atoms with Crippen molar-refractivity contribution in [3.8, 4) is 22.8 Å². The predicted octanol–water partition coefficient (Wildman–Crippen LogP) is 2.24. The molecule has 0 bridgehead atoms. The quantitative estimate of drug-likeness (QED) is 0.865. The Morgan fingerprint density at radius 3 is 2.28 bits per heavy atom. The molecular formula is C11H9ClN2O3S. The molecule has 94 valence electrons. The molecule has 0 aliphatic carbocycles. The van der Waals surface area contributed by atoms with E-state index in [1.54, 1.807) is 18.2 Å². The Kier molecular flexibility index (Phi) is 3.78. The molecule has 2 aromatic rings. The monoisotopic (exact) mass is 284 g/mol. The third kappa shape index (κ3) is 2.44. The fourth-order valence-corrected chi connectivity index (χ4v) is 2.05. The Morgan fingerprint density at radius 1 is 1.11 bits per heavy atom. The van der Waals surface area contributed by atoms with E-state index in [-0.39, 0.29) is 10.8 Å². The summed E-state index contributed by atoms with van der Waals surface area (Å²) in [6, 6.07) is 5.09. The Bertz CT molecular complexity index is 608. The number of rotatable bonds is 3. The lowest BCUT2D eigenvalue weighted by atomic mass is 10.1. The second kappa shape index (κ2) is 5.32. The number of methoxy groups -OCH3 is 2. The Balaban J connectivity index is 2.63. The van der Waals surface area contributed by atoms with Crippen LogP contribution in [0.4, 0.5) is 0 Å². The Labute approximate surface area is 112 Å². The predicted molar refractivity (Wildman–Crippen MR) is 69.7 cm³/mol. The maximum Gasteiger partial charge on any atom is 0.244 e. The van der Waals surface area contributed by atoms with E-state index in [0.717, 1.165) is 11.7 Å². The summed E-state index contributed by atoms with van der Waals surface area (Å²) < 4.78 is 17.9. The van der Waals surface area contributed by atoms with Crippen LogP contribution in [0.5, 0.6) is 11.5 Å². The molecular weight excluding hydrogens is 276 g/mol. The zero-order valence-electron chi connectivity index (χ0n) is 9.64. The van der Waals surface area contributed by atoms with Crippen LogP contribution in [0.2, 0.25) is 5.15 Å². The number of hydrogen-bond donors (Lipinski definition) is 0. The molecule has 1 aromatic carbocycles. The lowest BCUT2D eigenvalue weighted by Gasteiger charge is -2.07. The molecule has 0 spiro atoms. The van der Waals surface area contributed by atoms with Gasteiger partial charge in [-0.1, -0.05) is 11.6 Å². The molecule has 0 N–H and O–H groups in total. The van der Waals surface area contributed by atoms with Gasteiger partial charge < -0.3 is 9.47 Å². The Hall–Kier alpha value is -1.66. The first-order valence-corrected chi connectivity index (χ1v) is 6.02. The molecule has 7 heteroatoms. The van der Waals surface area contributed by atoms with Gasteiger partial charge in [-0.3, -0.25) is 4.79 Å². The Morgan fingerprint density at radius 2 is 1.72 bits per heavy atom. The fourth-order valence-electron chi connectivity index (χ4n) is 1.41. The van der Waals surface area contributed by atoms with Gasteiger partial charge in [0.1, 0.15) is 17.2 Å². The SMILES string of the molecule is COc1cc(OC)cc(-c2nsnc(Cl)c2=O)c1. The lowest BCUT2D eigenvalue weighted by molar-refractivity contribution is 0.394. The van der Waals surface area contributed by atoms with Crippen molar-refractivity contribution in [1.82, 2.24) is 8.75 Å². The number of ether oxygens (including phenoxy) is 2. The van der Waals surface area contributed by atoms with Crippen LogP contribution in [0.1, 0.15) is 0 Å². The summed E-state index contributed by atoms with van der Waals surface area (Å²) in [5.74, 6) is 1.15. The molecule has 0 radical (unpaired) electrons. The van der Waals surface area contributed by atoms with Crippen LogP contribution >= 0.6 is 23.3 Å². The van der Waals surface area contributed by atoms with Gasteiger partial charge in [0.05, 0.1) is 25.9 Å². The van der Waals surface area contributed by atoms with E-state index in [0.29, 0.717) is 17.1 Å². The highest BCUT2D eigenvalue weighted by atomic mass is 35.5. The highest BCUT2D eigenvalue weighted by molar-refractivity contribution is 6.99. The van der Waals surface area contributed by atoms with E-state index < -0.39 is 5.43 Å². The van der Waals surface area contributed by atoms with Crippen molar-refractivity contribution in [2.24, 2.45) is 0 Å². The molecule has 0 aliphatic rings. The van der Waals surface area contributed by atoms with Gasteiger partial charge in [0, 0.05) is 11.6 Å². The zero-order chi connectivity index (χ0) is 13.1. The van der Waals surface area contributed by atoms with Gasteiger partial charge in [0.15, 0.2) is 5.15 Å². The molecule has 0 fully saturated rings. The molecule has 2 rings (SSSR count). The molecule has 1 aromatic heterocycles. The normalized spacial score (nSPS) is 10.2. The summed E-state index contributed by atoms with van der Waals surface area (Å²) in [6.45, 7) is 0. The lowest BCUT2D eigenvalue weighted by Crippen LogP contribution is -2.08. The molecule has 0 saturated carbocycles. The van der Waals surface area contributed by atoms with E-state index in [9.17, 15) is 4.79 Å². The van der Waals surface area contributed by atoms with Crippen molar-refractivity contribution in [3.63, 3.8) is 0 Å². The van der Waals surface area contributed by atoms with Crippen molar-refractivity contribution in [3.05, 3.63) is 33.6 Å². The van der Waals surface area contributed by atoms with Crippen LogP contribution in [-0.2, 0) is 0 Å². The van der Waals surface area contributed by atoms with E-state index in [4.69, 9.17) is 21.1 Å². The van der Waals surface area contributed by atoms with Crippen LogP contribution in [0.25, 0.3) is 11.3 Å². The molecule has 0 aliphatic heterocycles. The molecule has 5 nitrogen and oxygen atoms in total. The number of halogens is 1. The summed E-state index contributed by atoms with van der Waals surface area (Å²) in [6.07, 6.45) is 0. The van der Waals surface area contributed by atoms with Gasteiger partial charge in [-0.05, 0) is 12.1 Å². The zero-order valence-corrected chi connectivity index (χ0v) is 11.2. The third-order valence-corrected chi connectivity index (χ3v) is 3.17. The van der Waals surface area contributed by atoms with Crippen molar-refractivity contribution in [2.75, 3.05) is 14.2 Å². The number of nitrogens with zero attached hydrogens (tertiary/aromatic N) is 2. The molecule has 0 unspecified atom stereocenters. The summed E-state index contributed by atoms with van der Waals surface area (Å²) in [5.41, 5.74) is 0.402. The van der Waals surface area contributed by atoms with Crippen LogP contribution < -0.4 is 14.9 Å². The maximum atomic E-state index is 11.8. The van der Waals surface area contributed by atoms with Crippen LogP contribution in [0, 0.1) is 0 Å². The standard InChI is InChI=1S/C11H9ClN2O3S/c1-16-7-3-6(4-8(5-7)17-2)9-10(15)11(12)14-18-13-9/h3-5H,1-2H3. The topological polar surface area (TPSA) is 61.3 Å². The molecule has 0 saturated heterocycles. The first-order chi connectivity index (χ1) is 8.65. The second-order valence-corrected chi connectivity index (χ2v) is 4.22. The van der Waals surface area contributed by atoms with Crippen LogP contribution in [0.15, 0.2) is 23.0 Å². The minimum Gasteiger partial charge on any atom is -0.497 e. The summed E-state index contributed by atoms with van der Waals surface area (Å²) in [7, 11) is 3.07. The minimum absolute atomic E-state index is 0.0909. The molecule has 18 heavy (non-hydrogen) atoms. The summed E-state index contributed by atoms with van der Waals surface area (Å²) in [4.78, 5) is 11.8. The molecule has 1 heterocycles. The second-order valence-electron chi connectivity index (χ2n) is 3.33. The average molecular weight is 285 g/mol. The summed E-state index contributed by atoms with van der Waals surface area (Å²) >= 11 is 6.57. The van der Waals surface area contributed by atoms with Gasteiger partial charge in [-0.2, -0.15) is 8.75 Å².